The molecule has 17 heavy (non-hydrogen) atoms. The van der Waals surface area contributed by atoms with E-state index < -0.39 is 6.09 Å². The fourth-order valence-electron chi connectivity index (χ4n) is 1.30. The van der Waals surface area contributed by atoms with Gasteiger partial charge in [0.25, 0.3) is 0 Å². The van der Waals surface area contributed by atoms with Crippen molar-refractivity contribution in [2.24, 2.45) is 0 Å². The lowest BCUT2D eigenvalue weighted by atomic mass is 10.5. The standard InChI is InChI=1S/C9H10N4O3S/c14-4-8-11-7(5-17-8)3-13-2-6(1-10-13)12-9(15)16/h1-2,5,12,14H,3-4H2,(H,15,16). The number of aliphatic hydroxyl groups excluding tert-OH is 1. The van der Waals surface area contributed by atoms with Gasteiger partial charge in [0.2, 0.25) is 0 Å². The van der Waals surface area contributed by atoms with Gasteiger partial charge in [0.15, 0.2) is 0 Å². The van der Waals surface area contributed by atoms with Gasteiger partial charge in [-0.25, -0.2) is 9.78 Å². The Bertz CT molecular complexity index is 522. The molecule has 7 nitrogen and oxygen atoms in total. The van der Waals surface area contributed by atoms with E-state index in [1.165, 1.54) is 17.5 Å². The number of thiazole rings is 1. The molecule has 0 aliphatic carbocycles. The molecule has 0 spiro atoms. The molecule has 0 aliphatic rings. The largest absolute Gasteiger partial charge is 0.465 e. The molecule has 0 saturated carbocycles. The Balaban J connectivity index is 2.03. The van der Waals surface area contributed by atoms with Gasteiger partial charge in [-0.1, -0.05) is 0 Å². The van der Waals surface area contributed by atoms with Crippen LogP contribution in [-0.2, 0) is 13.2 Å². The molecule has 2 heterocycles. The monoisotopic (exact) mass is 254 g/mol. The maximum Gasteiger partial charge on any atom is 0.409 e. The zero-order chi connectivity index (χ0) is 12.3. The van der Waals surface area contributed by atoms with Crippen LogP contribution in [0.25, 0.3) is 0 Å². The van der Waals surface area contributed by atoms with Crippen LogP contribution < -0.4 is 5.32 Å². The molecule has 8 heteroatoms. The van der Waals surface area contributed by atoms with Crippen LogP contribution in [0.15, 0.2) is 17.8 Å². The Labute approximate surface area is 100 Å². The van der Waals surface area contributed by atoms with Crippen molar-refractivity contribution in [1.29, 1.82) is 0 Å². The molecular formula is C9H10N4O3S. The third kappa shape index (κ3) is 3.02. The quantitative estimate of drug-likeness (QED) is 0.754. The second kappa shape index (κ2) is 4.93. The maximum atomic E-state index is 10.4. The molecule has 1 amide bonds. The molecule has 2 aromatic heterocycles. The van der Waals surface area contributed by atoms with Crippen molar-refractivity contribution in [1.82, 2.24) is 14.8 Å². The van der Waals surface area contributed by atoms with E-state index in [2.05, 4.69) is 15.4 Å². The van der Waals surface area contributed by atoms with Crippen LogP contribution in [0, 0.1) is 0 Å². The van der Waals surface area contributed by atoms with Gasteiger partial charge in [-0.15, -0.1) is 11.3 Å². The van der Waals surface area contributed by atoms with Crippen molar-refractivity contribution in [2.45, 2.75) is 13.2 Å². The van der Waals surface area contributed by atoms with E-state index in [0.717, 1.165) is 5.69 Å². The van der Waals surface area contributed by atoms with E-state index >= 15 is 0 Å². The van der Waals surface area contributed by atoms with E-state index in [4.69, 9.17) is 10.2 Å². The molecular weight excluding hydrogens is 244 g/mol. The number of anilines is 1. The lowest BCUT2D eigenvalue weighted by molar-refractivity contribution is 0.209. The van der Waals surface area contributed by atoms with Crippen LogP contribution in [0.1, 0.15) is 10.7 Å². The van der Waals surface area contributed by atoms with E-state index in [1.807, 2.05) is 5.38 Å². The maximum absolute atomic E-state index is 10.4. The third-order valence-electron chi connectivity index (χ3n) is 1.94. The average molecular weight is 254 g/mol. The minimum absolute atomic E-state index is 0.0738. The smallest absolute Gasteiger partial charge is 0.409 e. The van der Waals surface area contributed by atoms with Gasteiger partial charge in [0.1, 0.15) is 5.01 Å². The number of aromatic nitrogens is 3. The van der Waals surface area contributed by atoms with E-state index in [9.17, 15) is 4.79 Å². The average Bonchev–Trinajstić information content (AvgIpc) is 2.88. The number of amides is 1. The second-order valence-corrected chi connectivity index (χ2v) is 4.19. The number of nitrogens with one attached hydrogen (secondary N) is 1. The summed E-state index contributed by atoms with van der Waals surface area (Å²) in [5, 5.41) is 26.1. The molecule has 3 N–H and O–H groups in total. The highest BCUT2D eigenvalue weighted by Crippen LogP contribution is 2.12. The minimum Gasteiger partial charge on any atom is -0.465 e. The Morgan fingerprint density at radius 3 is 3.06 bits per heavy atom. The molecule has 0 saturated heterocycles. The summed E-state index contributed by atoms with van der Waals surface area (Å²) in [7, 11) is 0. The van der Waals surface area contributed by atoms with E-state index in [-0.39, 0.29) is 6.61 Å². The summed E-state index contributed by atoms with van der Waals surface area (Å²) in [5.74, 6) is 0. The van der Waals surface area contributed by atoms with Gasteiger partial charge in [0, 0.05) is 11.6 Å². The Morgan fingerprint density at radius 2 is 2.41 bits per heavy atom. The Hall–Kier alpha value is -1.93. The van der Waals surface area contributed by atoms with Crippen molar-refractivity contribution in [3.8, 4) is 0 Å². The predicted octanol–water partition coefficient (Wildman–Crippen LogP) is 0.970. The molecule has 0 bridgehead atoms. The van der Waals surface area contributed by atoms with Gasteiger partial charge < -0.3 is 10.2 Å². The van der Waals surface area contributed by atoms with Gasteiger partial charge >= 0.3 is 6.09 Å². The summed E-state index contributed by atoms with van der Waals surface area (Å²) >= 11 is 1.37. The van der Waals surface area contributed by atoms with Crippen molar-refractivity contribution < 1.29 is 15.0 Å². The number of carboxylic acid groups (broad SMARTS) is 1. The SMILES string of the molecule is O=C(O)Nc1cnn(Cc2csc(CO)n2)c1. The van der Waals surface area contributed by atoms with Crippen molar-refractivity contribution in [2.75, 3.05) is 5.32 Å². The molecule has 0 aliphatic heterocycles. The Morgan fingerprint density at radius 1 is 1.59 bits per heavy atom. The first-order chi connectivity index (χ1) is 8.17. The zero-order valence-corrected chi connectivity index (χ0v) is 9.52. The van der Waals surface area contributed by atoms with Gasteiger partial charge in [0.05, 0.1) is 30.7 Å². The van der Waals surface area contributed by atoms with E-state index in [0.29, 0.717) is 17.2 Å². The number of hydrogen-bond donors (Lipinski definition) is 3. The highest BCUT2D eigenvalue weighted by Gasteiger charge is 2.05. The van der Waals surface area contributed by atoms with Crippen LogP contribution in [0.4, 0.5) is 10.5 Å². The topological polar surface area (TPSA) is 100 Å². The lowest BCUT2D eigenvalue weighted by Crippen LogP contribution is -2.06. The van der Waals surface area contributed by atoms with Crippen LogP contribution in [0.5, 0.6) is 0 Å². The summed E-state index contributed by atoms with van der Waals surface area (Å²) in [6.45, 7) is 0.368. The number of nitrogens with zero attached hydrogens (tertiary/aromatic N) is 3. The molecule has 0 atom stereocenters. The summed E-state index contributed by atoms with van der Waals surface area (Å²) in [4.78, 5) is 14.6. The fraction of sp³-hybridized carbons (Fsp3) is 0.222. The van der Waals surface area contributed by atoms with Crippen LogP contribution in [0.2, 0.25) is 0 Å². The van der Waals surface area contributed by atoms with Crippen molar-refractivity contribution in [3.05, 3.63) is 28.5 Å². The second-order valence-electron chi connectivity index (χ2n) is 3.25. The van der Waals surface area contributed by atoms with Crippen molar-refractivity contribution >= 4 is 23.1 Å². The zero-order valence-electron chi connectivity index (χ0n) is 8.70. The molecule has 0 unspecified atom stereocenters. The van der Waals surface area contributed by atoms with Crippen LogP contribution in [-0.4, -0.2) is 31.1 Å². The summed E-state index contributed by atoms with van der Waals surface area (Å²) < 4.78 is 1.57. The fourth-order valence-corrected chi connectivity index (χ4v) is 1.94. The van der Waals surface area contributed by atoms with Crippen LogP contribution in [0.3, 0.4) is 0 Å². The first-order valence-corrected chi connectivity index (χ1v) is 5.62. The van der Waals surface area contributed by atoms with Crippen molar-refractivity contribution in [3.63, 3.8) is 0 Å². The number of aliphatic hydroxyl groups is 1. The molecule has 0 aromatic carbocycles. The summed E-state index contributed by atoms with van der Waals surface area (Å²) in [6, 6.07) is 0. The first kappa shape index (κ1) is 11.6. The van der Waals surface area contributed by atoms with Crippen LogP contribution >= 0.6 is 11.3 Å². The normalized spacial score (nSPS) is 10.4. The predicted molar refractivity (Wildman–Crippen MR) is 61.0 cm³/mol. The summed E-state index contributed by atoms with van der Waals surface area (Å²) in [6.07, 6.45) is 1.88. The molecule has 2 aromatic rings. The number of rotatable bonds is 4. The molecule has 90 valence electrons. The number of hydrogen-bond acceptors (Lipinski definition) is 5. The lowest BCUT2D eigenvalue weighted by Gasteiger charge is -1.96. The molecule has 2 rings (SSSR count). The Kier molecular flexibility index (Phi) is 3.35. The number of carbonyl (C=O) groups is 1. The summed E-state index contributed by atoms with van der Waals surface area (Å²) in [5.41, 5.74) is 1.19. The molecule has 0 fully saturated rings. The van der Waals surface area contributed by atoms with Gasteiger partial charge in [-0.05, 0) is 0 Å². The first-order valence-electron chi connectivity index (χ1n) is 4.74. The molecule has 0 radical (unpaired) electrons. The van der Waals surface area contributed by atoms with E-state index in [1.54, 1.807) is 10.9 Å². The van der Waals surface area contributed by atoms with Gasteiger partial charge in [-0.3, -0.25) is 10.00 Å². The minimum atomic E-state index is -1.12. The van der Waals surface area contributed by atoms with Gasteiger partial charge in [-0.2, -0.15) is 5.10 Å². The highest BCUT2D eigenvalue weighted by molar-refractivity contribution is 7.09. The highest BCUT2D eigenvalue weighted by atomic mass is 32.1. The third-order valence-corrected chi connectivity index (χ3v) is 2.83.